The van der Waals surface area contributed by atoms with Crippen LogP contribution in [-0.4, -0.2) is 47.9 Å². The maximum atomic E-state index is 11.4. The summed E-state index contributed by atoms with van der Waals surface area (Å²) in [5.74, 6) is 0.200. The molecule has 0 spiro atoms. The molecule has 0 aliphatic heterocycles. The number of aromatic amines is 2. The second-order valence-electron chi connectivity index (χ2n) is 6.06. The summed E-state index contributed by atoms with van der Waals surface area (Å²) in [4.78, 5) is 25.0. The number of anilines is 2. The number of fused-ring (bicyclic) bond motifs is 1. The van der Waals surface area contributed by atoms with Crippen LogP contribution < -0.4 is 21.7 Å². The van der Waals surface area contributed by atoms with E-state index in [-0.39, 0.29) is 24.7 Å². The molecule has 148 valence electrons. The molecule has 11 heteroatoms. The van der Waals surface area contributed by atoms with Gasteiger partial charge in [-0.3, -0.25) is 9.98 Å². The molecule has 0 bridgehead atoms. The number of nitrogens with one attached hydrogen (secondary N) is 3. The summed E-state index contributed by atoms with van der Waals surface area (Å²) in [6, 6.07) is 8.86. The molecule has 0 aliphatic carbocycles. The number of imidazole rings is 1. The van der Waals surface area contributed by atoms with Crippen molar-refractivity contribution in [3.05, 3.63) is 68.4 Å². The Morgan fingerprint density at radius 3 is 2.90 bits per heavy atom. The number of aliphatic hydroxyl groups is 1. The van der Waals surface area contributed by atoms with Crippen LogP contribution in [0, 0.1) is 0 Å². The first-order valence-electron chi connectivity index (χ1n) is 8.59. The minimum Gasteiger partial charge on any atom is -0.493 e. The molecule has 3 heterocycles. The van der Waals surface area contributed by atoms with Crippen LogP contribution in [0.15, 0.2) is 46.3 Å². The van der Waals surface area contributed by atoms with Gasteiger partial charge in [0.25, 0.3) is 0 Å². The van der Waals surface area contributed by atoms with Crippen LogP contribution in [0.5, 0.6) is 5.88 Å². The Bertz CT molecular complexity index is 1360. The van der Waals surface area contributed by atoms with E-state index in [0.717, 1.165) is 5.69 Å². The van der Waals surface area contributed by atoms with Crippen LogP contribution in [0.25, 0.3) is 11.7 Å². The van der Waals surface area contributed by atoms with Gasteiger partial charge in [0, 0.05) is 22.0 Å². The summed E-state index contributed by atoms with van der Waals surface area (Å²) in [6.45, 7) is 0.0835. The van der Waals surface area contributed by atoms with Crippen molar-refractivity contribution in [1.29, 1.82) is 0 Å². The number of nitrogens with zero attached hydrogens (tertiary/aromatic N) is 4. The number of benzene rings is 1. The maximum Gasteiger partial charge on any atom is 0.326 e. The molecule has 0 amide bonds. The summed E-state index contributed by atoms with van der Waals surface area (Å²) >= 11 is 6.04. The molecule has 3 aromatic heterocycles. The third kappa shape index (κ3) is 3.98. The molecule has 0 fully saturated rings. The van der Waals surface area contributed by atoms with Gasteiger partial charge in [0.15, 0.2) is 11.1 Å². The molecular formula is C18H16ClN7O3. The fourth-order valence-corrected chi connectivity index (χ4v) is 2.96. The zero-order valence-electron chi connectivity index (χ0n) is 14.9. The van der Waals surface area contributed by atoms with E-state index in [2.05, 4.69) is 30.4 Å². The van der Waals surface area contributed by atoms with Gasteiger partial charge in [-0.25, -0.2) is 9.78 Å². The molecule has 0 unspecified atom stereocenters. The number of hydrogen-bond donors (Lipinski definition) is 5. The van der Waals surface area contributed by atoms with E-state index >= 15 is 0 Å². The molecule has 5 N–H and O–H groups in total. The Morgan fingerprint density at radius 2 is 2.17 bits per heavy atom. The monoisotopic (exact) mass is 413 g/mol. The third-order valence-electron chi connectivity index (χ3n) is 3.99. The van der Waals surface area contributed by atoms with Crippen LogP contribution in [0.4, 0.5) is 11.5 Å². The van der Waals surface area contributed by atoms with Crippen LogP contribution >= 0.6 is 11.6 Å². The van der Waals surface area contributed by atoms with Gasteiger partial charge in [-0.05, 0) is 24.3 Å². The fourth-order valence-electron chi connectivity index (χ4n) is 2.77. The van der Waals surface area contributed by atoms with E-state index in [1.165, 1.54) is 10.7 Å². The summed E-state index contributed by atoms with van der Waals surface area (Å²) in [7, 11) is 0. The number of aromatic nitrogens is 5. The van der Waals surface area contributed by atoms with Crippen LogP contribution in [0.2, 0.25) is 5.02 Å². The van der Waals surface area contributed by atoms with Crippen LogP contribution in [-0.2, 0) is 0 Å². The standard InChI is InChI=1S/C18H16ClN7O3/c19-11-2-1-3-12(7-11)22-14-8-15(20-4-5-27)26-16(24-14)10(9-21-26)6-13-17(28)25-18(29)23-13/h1-3,6-9,22,27-28H,4-5H2,(H2,23,25,29)/b10-6+,20-15?. The normalized spacial score (nSPS) is 12.8. The summed E-state index contributed by atoms with van der Waals surface area (Å²) < 4.78 is 1.51. The third-order valence-corrected chi connectivity index (χ3v) is 4.22. The summed E-state index contributed by atoms with van der Waals surface area (Å²) in [5.41, 5.74) is 1.32. The van der Waals surface area contributed by atoms with E-state index in [4.69, 9.17) is 16.7 Å². The Labute approximate surface area is 167 Å². The van der Waals surface area contributed by atoms with Crippen molar-refractivity contribution in [2.45, 2.75) is 0 Å². The van der Waals surface area contributed by atoms with Crippen molar-refractivity contribution in [3.63, 3.8) is 0 Å². The van der Waals surface area contributed by atoms with E-state index in [9.17, 15) is 9.90 Å². The highest BCUT2D eigenvalue weighted by Crippen LogP contribution is 2.18. The van der Waals surface area contributed by atoms with Gasteiger partial charge in [0.2, 0.25) is 5.88 Å². The van der Waals surface area contributed by atoms with Gasteiger partial charge in [-0.15, -0.1) is 0 Å². The molecule has 1 aromatic carbocycles. The van der Waals surface area contributed by atoms with Crippen molar-refractivity contribution in [2.24, 2.45) is 4.99 Å². The molecule has 0 radical (unpaired) electrons. The maximum absolute atomic E-state index is 11.4. The number of H-pyrrole nitrogens is 2. The molecular weight excluding hydrogens is 398 g/mol. The summed E-state index contributed by atoms with van der Waals surface area (Å²) in [6.07, 6.45) is 3.08. The number of aliphatic hydroxyl groups excluding tert-OH is 1. The topological polar surface area (TPSA) is 144 Å². The Kier molecular flexibility index (Phi) is 5.02. The molecule has 0 saturated heterocycles. The first-order valence-corrected chi connectivity index (χ1v) is 8.97. The predicted octanol–water partition coefficient (Wildman–Crippen LogP) is 0.289. The van der Waals surface area contributed by atoms with Crippen LogP contribution in [0.3, 0.4) is 0 Å². The Balaban J connectivity index is 1.89. The SMILES string of the molecule is O=c1[nH]c(O)c(/C=c2\cnn3c(=NCCO)cc(Nc4cccc(Cl)c4)nc23)[nH]1. The molecule has 4 rings (SSSR count). The molecule has 0 atom stereocenters. The largest absolute Gasteiger partial charge is 0.493 e. The number of hydrogen-bond acceptors (Lipinski definition) is 7. The first kappa shape index (κ1) is 18.7. The van der Waals surface area contributed by atoms with E-state index in [1.807, 2.05) is 12.1 Å². The molecule has 0 saturated carbocycles. The van der Waals surface area contributed by atoms with Gasteiger partial charge in [-0.1, -0.05) is 17.7 Å². The highest BCUT2D eigenvalue weighted by Gasteiger charge is 2.08. The highest BCUT2D eigenvalue weighted by atomic mass is 35.5. The van der Waals surface area contributed by atoms with Gasteiger partial charge >= 0.3 is 5.69 Å². The van der Waals surface area contributed by atoms with E-state index in [0.29, 0.717) is 27.2 Å². The zero-order chi connectivity index (χ0) is 20.4. The smallest absolute Gasteiger partial charge is 0.326 e. The molecule has 0 aliphatic rings. The average molecular weight is 414 g/mol. The lowest BCUT2D eigenvalue weighted by Gasteiger charge is -2.06. The highest BCUT2D eigenvalue weighted by molar-refractivity contribution is 6.30. The van der Waals surface area contributed by atoms with Crippen molar-refractivity contribution in [3.8, 4) is 5.88 Å². The minimum absolute atomic E-state index is 0.112. The second kappa shape index (κ2) is 7.78. The van der Waals surface area contributed by atoms with Crippen molar-refractivity contribution in [1.82, 2.24) is 24.6 Å². The Hall–Kier alpha value is -3.63. The second-order valence-corrected chi connectivity index (χ2v) is 6.50. The quantitative estimate of drug-likeness (QED) is 0.318. The van der Waals surface area contributed by atoms with Crippen molar-refractivity contribution < 1.29 is 10.2 Å². The lowest BCUT2D eigenvalue weighted by molar-refractivity contribution is 0.305. The number of rotatable bonds is 5. The lowest BCUT2D eigenvalue weighted by atomic mass is 10.3. The average Bonchev–Trinajstić information content (AvgIpc) is 3.22. The van der Waals surface area contributed by atoms with Crippen molar-refractivity contribution in [2.75, 3.05) is 18.5 Å². The van der Waals surface area contributed by atoms with Crippen LogP contribution in [0.1, 0.15) is 5.69 Å². The molecule has 29 heavy (non-hydrogen) atoms. The Morgan fingerprint density at radius 1 is 1.31 bits per heavy atom. The number of halogens is 1. The van der Waals surface area contributed by atoms with Gasteiger partial charge < -0.3 is 20.5 Å². The predicted molar refractivity (Wildman–Crippen MR) is 107 cm³/mol. The zero-order valence-corrected chi connectivity index (χ0v) is 15.7. The number of aromatic hydroxyl groups is 1. The minimum atomic E-state index is -0.528. The van der Waals surface area contributed by atoms with E-state index in [1.54, 1.807) is 24.3 Å². The molecule has 10 nitrogen and oxygen atoms in total. The first-order chi connectivity index (χ1) is 14.0. The summed E-state index contributed by atoms with van der Waals surface area (Å²) in [5, 5.41) is 27.5. The molecule has 4 aromatic rings. The van der Waals surface area contributed by atoms with Crippen molar-refractivity contribution >= 4 is 34.8 Å². The van der Waals surface area contributed by atoms with Gasteiger partial charge in [0.05, 0.1) is 19.3 Å². The van der Waals surface area contributed by atoms with Gasteiger partial charge in [-0.2, -0.15) is 9.61 Å². The van der Waals surface area contributed by atoms with E-state index < -0.39 is 5.69 Å². The lowest BCUT2D eigenvalue weighted by Crippen LogP contribution is -2.20. The van der Waals surface area contributed by atoms with Gasteiger partial charge in [0.1, 0.15) is 11.5 Å². The fraction of sp³-hybridized carbons (Fsp3) is 0.111.